The van der Waals surface area contributed by atoms with E-state index < -0.39 is 0 Å². The molecule has 0 saturated heterocycles. The van der Waals surface area contributed by atoms with Crippen LogP contribution in [0, 0.1) is 0 Å². The van der Waals surface area contributed by atoms with Crippen LogP contribution in [0.25, 0.3) is 10.2 Å². The molecule has 98 valence electrons. The van der Waals surface area contributed by atoms with E-state index in [1.165, 1.54) is 4.88 Å². The second kappa shape index (κ2) is 4.85. The molecule has 3 aromatic rings. The molecule has 0 aliphatic carbocycles. The molecule has 0 aliphatic heterocycles. The molecule has 0 unspecified atom stereocenters. The minimum absolute atomic E-state index is 0.277. The normalized spacial score (nSPS) is 11.0. The van der Waals surface area contributed by atoms with E-state index in [0.29, 0.717) is 6.54 Å². The van der Waals surface area contributed by atoms with Gasteiger partial charge in [0.25, 0.3) is 0 Å². The van der Waals surface area contributed by atoms with Crippen molar-refractivity contribution in [3.63, 3.8) is 0 Å². The number of nitrogen functional groups attached to an aromatic ring is 1. The van der Waals surface area contributed by atoms with Gasteiger partial charge >= 0.3 is 0 Å². The SMILES string of the molecule is CCc1cc2c(NCc3ccon3)nc(N)nc2s1. The number of nitrogens with one attached hydrogen (secondary N) is 1. The number of nitrogens with two attached hydrogens (primary N) is 1. The van der Waals surface area contributed by atoms with Gasteiger partial charge in [0.1, 0.15) is 22.6 Å². The molecule has 0 fully saturated rings. The van der Waals surface area contributed by atoms with Gasteiger partial charge in [-0.3, -0.25) is 0 Å². The first-order valence-electron chi connectivity index (χ1n) is 5.95. The predicted octanol–water partition coefficient (Wildman–Crippen LogP) is 2.44. The van der Waals surface area contributed by atoms with E-state index in [9.17, 15) is 0 Å². The Kier molecular flexibility index (Phi) is 3.04. The van der Waals surface area contributed by atoms with E-state index in [1.54, 1.807) is 23.7 Å². The number of anilines is 2. The van der Waals surface area contributed by atoms with Crippen molar-refractivity contribution in [2.75, 3.05) is 11.1 Å². The van der Waals surface area contributed by atoms with Gasteiger partial charge in [-0.15, -0.1) is 11.3 Å². The van der Waals surface area contributed by atoms with E-state index in [2.05, 4.69) is 33.4 Å². The second-order valence-corrected chi connectivity index (χ2v) is 5.18. The van der Waals surface area contributed by atoms with Crippen molar-refractivity contribution >= 4 is 33.3 Å². The van der Waals surface area contributed by atoms with Crippen molar-refractivity contribution in [1.29, 1.82) is 0 Å². The molecule has 3 aromatic heterocycles. The summed E-state index contributed by atoms with van der Waals surface area (Å²) in [5.74, 6) is 1.01. The molecule has 3 rings (SSSR count). The molecule has 19 heavy (non-hydrogen) atoms. The van der Waals surface area contributed by atoms with Gasteiger partial charge in [-0.25, -0.2) is 4.98 Å². The highest BCUT2D eigenvalue weighted by Gasteiger charge is 2.10. The molecule has 0 radical (unpaired) electrons. The molecule has 0 atom stereocenters. The van der Waals surface area contributed by atoms with E-state index in [0.717, 1.165) is 28.1 Å². The van der Waals surface area contributed by atoms with Gasteiger partial charge in [-0.05, 0) is 12.5 Å². The Morgan fingerprint density at radius 1 is 1.42 bits per heavy atom. The maximum Gasteiger partial charge on any atom is 0.223 e. The van der Waals surface area contributed by atoms with Gasteiger partial charge in [-0.2, -0.15) is 4.98 Å². The first-order chi connectivity index (χ1) is 9.26. The molecule has 3 heterocycles. The maximum atomic E-state index is 5.73. The molecular weight excluding hydrogens is 262 g/mol. The highest BCUT2D eigenvalue weighted by Crippen LogP contribution is 2.29. The van der Waals surface area contributed by atoms with Crippen LogP contribution in [0.15, 0.2) is 22.9 Å². The lowest BCUT2D eigenvalue weighted by atomic mass is 10.3. The van der Waals surface area contributed by atoms with Crippen LogP contribution in [0.2, 0.25) is 0 Å². The quantitative estimate of drug-likeness (QED) is 0.760. The Labute approximate surface area is 113 Å². The zero-order valence-electron chi connectivity index (χ0n) is 10.4. The largest absolute Gasteiger partial charge is 0.368 e. The molecule has 7 heteroatoms. The standard InChI is InChI=1S/C12H13N5OS/c1-2-8-5-9-10(14-6-7-3-4-18-17-7)15-12(13)16-11(9)19-8/h3-5H,2,6H2,1H3,(H3,13,14,15,16). The van der Waals surface area contributed by atoms with Gasteiger partial charge in [0.05, 0.1) is 11.9 Å². The zero-order valence-corrected chi connectivity index (χ0v) is 11.2. The van der Waals surface area contributed by atoms with Crippen molar-refractivity contribution in [2.45, 2.75) is 19.9 Å². The number of thiophene rings is 1. The molecule has 0 aliphatic rings. The van der Waals surface area contributed by atoms with Crippen LogP contribution in [-0.4, -0.2) is 15.1 Å². The van der Waals surface area contributed by atoms with Gasteiger partial charge in [0.15, 0.2) is 0 Å². The fraction of sp³-hybridized carbons (Fsp3) is 0.250. The Hall–Kier alpha value is -2.15. The third kappa shape index (κ3) is 2.37. The summed E-state index contributed by atoms with van der Waals surface area (Å²) in [6, 6.07) is 3.91. The average Bonchev–Trinajstić information content (AvgIpc) is 3.04. The lowest BCUT2D eigenvalue weighted by molar-refractivity contribution is 0.412. The zero-order chi connectivity index (χ0) is 13.2. The van der Waals surface area contributed by atoms with Crippen molar-refractivity contribution < 1.29 is 4.52 Å². The number of fused-ring (bicyclic) bond motifs is 1. The van der Waals surface area contributed by atoms with E-state index in [1.807, 2.05) is 0 Å². The molecule has 0 spiro atoms. The highest BCUT2D eigenvalue weighted by atomic mass is 32.1. The summed E-state index contributed by atoms with van der Waals surface area (Å²) in [5.41, 5.74) is 6.55. The summed E-state index contributed by atoms with van der Waals surface area (Å²) in [6.07, 6.45) is 2.52. The van der Waals surface area contributed by atoms with Gasteiger partial charge in [0, 0.05) is 10.9 Å². The lowest BCUT2D eigenvalue weighted by Gasteiger charge is -2.05. The first kappa shape index (κ1) is 11.9. The van der Waals surface area contributed by atoms with Crippen LogP contribution in [-0.2, 0) is 13.0 Å². The van der Waals surface area contributed by atoms with E-state index in [4.69, 9.17) is 10.3 Å². The molecule has 6 nitrogen and oxygen atoms in total. The Morgan fingerprint density at radius 2 is 2.32 bits per heavy atom. The van der Waals surface area contributed by atoms with Crippen LogP contribution in [0.5, 0.6) is 0 Å². The van der Waals surface area contributed by atoms with E-state index >= 15 is 0 Å². The number of aryl methyl sites for hydroxylation is 1. The predicted molar refractivity (Wildman–Crippen MR) is 75.0 cm³/mol. The van der Waals surface area contributed by atoms with Crippen LogP contribution in [0.4, 0.5) is 11.8 Å². The Balaban J connectivity index is 1.94. The van der Waals surface area contributed by atoms with Gasteiger partial charge < -0.3 is 15.6 Å². The summed E-state index contributed by atoms with van der Waals surface area (Å²) in [7, 11) is 0. The number of aromatic nitrogens is 3. The summed E-state index contributed by atoms with van der Waals surface area (Å²) in [5, 5.41) is 8.07. The summed E-state index contributed by atoms with van der Waals surface area (Å²) in [6.45, 7) is 2.66. The van der Waals surface area contributed by atoms with Crippen LogP contribution >= 0.6 is 11.3 Å². The monoisotopic (exact) mass is 275 g/mol. The van der Waals surface area contributed by atoms with Crippen LogP contribution in [0.3, 0.4) is 0 Å². The van der Waals surface area contributed by atoms with Crippen LogP contribution in [0.1, 0.15) is 17.5 Å². The van der Waals surface area contributed by atoms with E-state index in [-0.39, 0.29) is 5.95 Å². The fourth-order valence-corrected chi connectivity index (χ4v) is 2.77. The Morgan fingerprint density at radius 3 is 3.05 bits per heavy atom. The minimum atomic E-state index is 0.277. The average molecular weight is 275 g/mol. The summed E-state index contributed by atoms with van der Waals surface area (Å²) >= 11 is 1.64. The molecule has 0 aromatic carbocycles. The number of rotatable bonds is 4. The van der Waals surface area contributed by atoms with Gasteiger partial charge in [-0.1, -0.05) is 12.1 Å². The summed E-state index contributed by atoms with van der Waals surface area (Å²) in [4.78, 5) is 10.7. The first-order valence-corrected chi connectivity index (χ1v) is 6.77. The number of nitrogens with zero attached hydrogens (tertiary/aromatic N) is 3. The van der Waals surface area contributed by atoms with Crippen LogP contribution < -0.4 is 11.1 Å². The topological polar surface area (TPSA) is 89.9 Å². The maximum absolute atomic E-state index is 5.73. The van der Waals surface area contributed by atoms with Gasteiger partial charge in [0.2, 0.25) is 5.95 Å². The number of hydrogen-bond donors (Lipinski definition) is 2. The molecule has 0 saturated carbocycles. The molecule has 0 bridgehead atoms. The van der Waals surface area contributed by atoms with Crippen molar-refractivity contribution in [3.05, 3.63) is 29.0 Å². The van der Waals surface area contributed by atoms with Crippen molar-refractivity contribution in [3.8, 4) is 0 Å². The smallest absolute Gasteiger partial charge is 0.223 e. The fourth-order valence-electron chi connectivity index (χ4n) is 1.80. The minimum Gasteiger partial charge on any atom is -0.368 e. The third-order valence-electron chi connectivity index (χ3n) is 2.74. The third-order valence-corrected chi connectivity index (χ3v) is 3.91. The Bertz CT molecular complexity index is 692. The number of hydrogen-bond acceptors (Lipinski definition) is 7. The highest BCUT2D eigenvalue weighted by molar-refractivity contribution is 7.18. The molecule has 0 amide bonds. The second-order valence-electron chi connectivity index (χ2n) is 4.06. The van der Waals surface area contributed by atoms with Crippen molar-refractivity contribution in [1.82, 2.24) is 15.1 Å². The molecular formula is C12H13N5OS. The molecule has 3 N–H and O–H groups in total. The summed E-state index contributed by atoms with van der Waals surface area (Å²) < 4.78 is 4.79. The van der Waals surface area contributed by atoms with Crippen molar-refractivity contribution in [2.24, 2.45) is 0 Å². The lowest BCUT2D eigenvalue weighted by Crippen LogP contribution is -2.04.